The van der Waals surface area contributed by atoms with E-state index < -0.39 is 0 Å². The van der Waals surface area contributed by atoms with Crippen molar-refractivity contribution in [2.75, 3.05) is 32.1 Å². The molecule has 0 bridgehead atoms. The number of likely N-dealkylation sites (tertiary alicyclic amines) is 1. The van der Waals surface area contributed by atoms with Crippen LogP contribution in [0, 0.1) is 6.92 Å². The average Bonchev–Trinajstić information content (AvgIpc) is 3.16. The Morgan fingerprint density at radius 1 is 1.35 bits per heavy atom. The number of aromatic nitrogens is 2. The monoisotopic (exact) mass is 440 g/mol. The molecule has 0 aliphatic carbocycles. The van der Waals surface area contributed by atoms with Gasteiger partial charge in [-0.1, -0.05) is 12.1 Å². The largest absolute Gasteiger partial charge is 0.497 e. The van der Waals surface area contributed by atoms with Gasteiger partial charge >= 0.3 is 0 Å². The number of nitrogens with zero attached hydrogens (tertiary/aromatic N) is 3. The molecule has 1 aliphatic heterocycles. The van der Waals surface area contributed by atoms with Gasteiger partial charge in [-0.25, -0.2) is 9.97 Å². The number of carbonyl (C=O) groups is 1. The Morgan fingerprint density at radius 3 is 3.03 bits per heavy atom. The molecule has 8 heteroatoms. The summed E-state index contributed by atoms with van der Waals surface area (Å²) >= 11 is 1.41. The number of aliphatic hydroxyl groups is 1. The molecule has 1 saturated heterocycles. The summed E-state index contributed by atoms with van der Waals surface area (Å²) in [5.41, 5.74) is 2.08. The maximum atomic E-state index is 13.3. The minimum atomic E-state index is -0.0996. The number of aryl methyl sites for hydroxylation is 1. The topological polar surface area (TPSA) is 87.6 Å². The first-order valence-corrected chi connectivity index (χ1v) is 11.5. The van der Waals surface area contributed by atoms with E-state index in [0.29, 0.717) is 18.0 Å². The predicted octanol–water partition coefficient (Wildman–Crippen LogP) is 3.65. The first-order chi connectivity index (χ1) is 15.1. The Labute approximate surface area is 186 Å². The van der Waals surface area contributed by atoms with Gasteiger partial charge in [0.2, 0.25) is 0 Å². The zero-order valence-corrected chi connectivity index (χ0v) is 18.7. The van der Waals surface area contributed by atoms with Crippen LogP contribution >= 0.6 is 11.3 Å². The molecule has 1 aromatic carbocycles. The van der Waals surface area contributed by atoms with Crippen molar-refractivity contribution in [3.05, 3.63) is 46.6 Å². The van der Waals surface area contributed by atoms with E-state index in [2.05, 4.69) is 21.4 Å². The van der Waals surface area contributed by atoms with Gasteiger partial charge < -0.3 is 20.1 Å². The average molecular weight is 441 g/mol. The minimum Gasteiger partial charge on any atom is -0.497 e. The summed E-state index contributed by atoms with van der Waals surface area (Å²) in [4.78, 5) is 25.4. The number of benzene rings is 1. The van der Waals surface area contributed by atoms with Crippen LogP contribution in [0.4, 0.5) is 5.82 Å². The Bertz CT molecular complexity index is 1070. The van der Waals surface area contributed by atoms with Crippen molar-refractivity contribution in [2.45, 2.75) is 38.6 Å². The van der Waals surface area contributed by atoms with Gasteiger partial charge in [-0.15, -0.1) is 11.3 Å². The second-order valence-electron chi connectivity index (χ2n) is 7.82. The number of methoxy groups -OCH3 is 1. The molecule has 1 aliphatic rings. The van der Waals surface area contributed by atoms with Gasteiger partial charge in [0.1, 0.15) is 22.7 Å². The van der Waals surface area contributed by atoms with Crippen molar-refractivity contribution in [1.29, 1.82) is 0 Å². The number of aliphatic hydroxyl groups excluding tert-OH is 1. The fourth-order valence-electron chi connectivity index (χ4n) is 4.15. The van der Waals surface area contributed by atoms with Crippen molar-refractivity contribution >= 4 is 33.3 Å². The molecular formula is C23H28N4O3S. The molecule has 1 atom stereocenters. The molecule has 1 unspecified atom stereocenters. The van der Waals surface area contributed by atoms with Gasteiger partial charge in [0.25, 0.3) is 5.91 Å². The van der Waals surface area contributed by atoms with E-state index in [9.17, 15) is 9.90 Å². The fourth-order valence-corrected chi connectivity index (χ4v) is 5.26. The summed E-state index contributed by atoms with van der Waals surface area (Å²) in [7, 11) is 1.67. The zero-order chi connectivity index (χ0) is 21.8. The molecule has 31 heavy (non-hydrogen) atoms. The third-order valence-corrected chi connectivity index (χ3v) is 7.05. The standard InChI is InChI=1S/C23H28N4O3S/c1-15-19-21(24-10-9-16-6-5-8-18(12-16)30-2)25-14-26-22(19)31-20(15)23(29)27-11-4-3-7-17(27)13-28/h5-6,8,12,14,17,28H,3-4,7,9-11,13H2,1-2H3,(H,24,25,26). The number of hydrogen-bond acceptors (Lipinski definition) is 7. The Morgan fingerprint density at radius 2 is 2.23 bits per heavy atom. The first kappa shape index (κ1) is 21.5. The van der Waals surface area contributed by atoms with Gasteiger partial charge in [0, 0.05) is 13.1 Å². The number of ether oxygens (including phenoxy) is 1. The van der Waals surface area contributed by atoms with Gasteiger partial charge in [-0.3, -0.25) is 4.79 Å². The van der Waals surface area contributed by atoms with E-state index >= 15 is 0 Å². The number of fused-ring (bicyclic) bond motifs is 1. The quantitative estimate of drug-likeness (QED) is 0.583. The highest BCUT2D eigenvalue weighted by molar-refractivity contribution is 7.20. The predicted molar refractivity (Wildman–Crippen MR) is 123 cm³/mol. The molecule has 0 saturated carbocycles. The summed E-state index contributed by atoms with van der Waals surface area (Å²) in [6.07, 6.45) is 5.24. The van der Waals surface area contributed by atoms with Gasteiger partial charge in [-0.2, -0.15) is 0 Å². The summed E-state index contributed by atoms with van der Waals surface area (Å²) in [5.74, 6) is 1.58. The summed E-state index contributed by atoms with van der Waals surface area (Å²) in [6.45, 7) is 3.36. The van der Waals surface area contributed by atoms with Gasteiger partial charge in [-0.05, 0) is 55.9 Å². The number of carbonyl (C=O) groups excluding carboxylic acids is 1. The molecule has 1 amide bonds. The van der Waals surface area contributed by atoms with Crippen LogP contribution in [-0.2, 0) is 6.42 Å². The molecule has 3 aromatic rings. The molecule has 0 spiro atoms. The van der Waals surface area contributed by atoms with Crippen molar-refractivity contribution in [3.63, 3.8) is 0 Å². The molecule has 4 rings (SSSR count). The molecule has 2 aromatic heterocycles. The first-order valence-electron chi connectivity index (χ1n) is 10.6. The highest BCUT2D eigenvalue weighted by Crippen LogP contribution is 2.35. The third kappa shape index (κ3) is 4.50. The second kappa shape index (κ2) is 9.62. The number of anilines is 1. The Hall–Kier alpha value is -2.71. The maximum Gasteiger partial charge on any atom is 0.264 e. The van der Waals surface area contributed by atoms with Crippen LogP contribution in [0.1, 0.15) is 40.1 Å². The zero-order valence-electron chi connectivity index (χ0n) is 17.9. The fraction of sp³-hybridized carbons (Fsp3) is 0.435. The van der Waals surface area contributed by atoms with Crippen LogP contribution in [0.25, 0.3) is 10.2 Å². The van der Waals surface area contributed by atoms with E-state index in [-0.39, 0.29) is 18.6 Å². The lowest BCUT2D eigenvalue weighted by Crippen LogP contribution is -2.45. The summed E-state index contributed by atoms with van der Waals surface area (Å²) < 4.78 is 5.29. The van der Waals surface area contributed by atoms with Crippen molar-refractivity contribution in [2.24, 2.45) is 0 Å². The smallest absolute Gasteiger partial charge is 0.264 e. The second-order valence-corrected chi connectivity index (χ2v) is 8.82. The highest BCUT2D eigenvalue weighted by Gasteiger charge is 2.30. The minimum absolute atomic E-state index is 0.00651. The van der Waals surface area contributed by atoms with Gasteiger partial charge in [0.15, 0.2) is 0 Å². The molecule has 0 radical (unpaired) electrons. The lowest BCUT2D eigenvalue weighted by atomic mass is 10.0. The van der Waals surface area contributed by atoms with Gasteiger partial charge in [0.05, 0.1) is 30.0 Å². The van der Waals surface area contributed by atoms with Crippen LogP contribution in [0.3, 0.4) is 0 Å². The van der Waals surface area contributed by atoms with Crippen LogP contribution in [0.15, 0.2) is 30.6 Å². The number of rotatable bonds is 7. The summed E-state index contributed by atoms with van der Waals surface area (Å²) in [5, 5.41) is 14.0. The number of amides is 1. The Kier molecular flexibility index (Phi) is 6.67. The molecular weight excluding hydrogens is 412 g/mol. The molecule has 164 valence electrons. The number of thiophene rings is 1. The van der Waals surface area contributed by atoms with E-state index in [1.165, 1.54) is 23.2 Å². The van der Waals surface area contributed by atoms with E-state index in [1.54, 1.807) is 7.11 Å². The summed E-state index contributed by atoms with van der Waals surface area (Å²) in [6, 6.07) is 7.92. The third-order valence-electron chi connectivity index (χ3n) is 5.86. The van der Waals surface area contributed by atoms with Crippen LogP contribution in [0.5, 0.6) is 5.75 Å². The molecule has 1 fully saturated rings. The van der Waals surface area contributed by atoms with Crippen LogP contribution in [-0.4, -0.2) is 58.7 Å². The van der Waals surface area contributed by atoms with Crippen molar-refractivity contribution in [1.82, 2.24) is 14.9 Å². The van der Waals surface area contributed by atoms with Crippen molar-refractivity contribution in [3.8, 4) is 5.75 Å². The highest BCUT2D eigenvalue weighted by atomic mass is 32.1. The van der Waals surface area contributed by atoms with E-state index in [4.69, 9.17) is 4.74 Å². The van der Waals surface area contributed by atoms with Crippen LogP contribution in [0.2, 0.25) is 0 Å². The lowest BCUT2D eigenvalue weighted by Gasteiger charge is -2.34. The lowest BCUT2D eigenvalue weighted by molar-refractivity contribution is 0.0507. The van der Waals surface area contributed by atoms with E-state index in [1.807, 2.05) is 30.0 Å². The molecule has 3 heterocycles. The number of piperidine rings is 1. The van der Waals surface area contributed by atoms with Crippen molar-refractivity contribution < 1.29 is 14.6 Å². The number of hydrogen-bond donors (Lipinski definition) is 2. The normalized spacial score (nSPS) is 16.5. The Balaban J connectivity index is 1.54. The molecule has 2 N–H and O–H groups in total. The molecule has 7 nitrogen and oxygen atoms in total. The van der Waals surface area contributed by atoms with Crippen LogP contribution < -0.4 is 10.1 Å². The maximum absolute atomic E-state index is 13.3. The van der Waals surface area contributed by atoms with E-state index in [0.717, 1.165) is 53.0 Å². The SMILES string of the molecule is COc1cccc(CCNc2ncnc3sc(C(=O)N4CCCCC4CO)c(C)c23)c1. The number of nitrogens with one attached hydrogen (secondary N) is 1.